The smallest absolute Gasteiger partial charge is 0.335 e. The first-order valence-electron chi connectivity index (χ1n) is 12.4. The Morgan fingerprint density at radius 3 is 2.58 bits per heavy atom. The summed E-state index contributed by atoms with van der Waals surface area (Å²) in [5.41, 5.74) is 2.88. The number of halogens is 1. The van der Waals surface area contributed by atoms with Gasteiger partial charge in [-0.2, -0.15) is 0 Å². The van der Waals surface area contributed by atoms with Gasteiger partial charge in [-0.15, -0.1) is 5.10 Å². The standard InChI is InChI=1S/C26H28FN5O5S/c1-38(36,37)32-11-7-18(8-12-32)24-16-31(29-28-24)14-17-3-2-4-19(13-17)25(33)30-10-9-20-21(26(34)35)5-6-23(27)22(20)15-30/h2-6,13,16,18H,7-12,14-15H2,1H3,(H,34,35). The third-order valence-corrected chi connectivity index (χ3v) is 8.59. The molecule has 38 heavy (non-hydrogen) atoms. The van der Waals surface area contributed by atoms with Gasteiger partial charge in [-0.05, 0) is 54.7 Å². The summed E-state index contributed by atoms with van der Waals surface area (Å²) >= 11 is 0. The molecule has 5 rings (SSSR count). The molecule has 0 unspecified atom stereocenters. The van der Waals surface area contributed by atoms with E-state index in [9.17, 15) is 27.5 Å². The molecular formula is C26H28FN5O5S. The summed E-state index contributed by atoms with van der Waals surface area (Å²) in [6.45, 7) is 1.63. The maximum atomic E-state index is 14.5. The number of sulfonamides is 1. The third kappa shape index (κ3) is 5.32. The fraction of sp³-hybridized carbons (Fsp3) is 0.385. The van der Waals surface area contributed by atoms with Crippen molar-refractivity contribution in [2.24, 2.45) is 0 Å². The van der Waals surface area contributed by atoms with Gasteiger partial charge >= 0.3 is 5.97 Å². The van der Waals surface area contributed by atoms with Gasteiger partial charge in [-0.3, -0.25) is 4.79 Å². The van der Waals surface area contributed by atoms with Gasteiger partial charge in [0.05, 0.1) is 24.1 Å². The van der Waals surface area contributed by atoms with Crippen molar-refractivity contribution in [3.63, 3.8) is 0 Å². The Labute approximate surface area is 219 Å². The molecule has 2 aromatic carbocycles. The van der Waals surface area contributed by atoms with Crippen LogP contribution in [0.15, 0.2) is 42.6 Å². The highest BCUT2D eigenvalue weighted by atomic mass is 32.2. The summed E-state index contributed by atoms with van der Waals surface area (Å²) in [7, 11) is -3.19. The Kier molecular flexibility index (Phi) is 7.01. The molecule has 3 heterocycles. The summed E-state index contributed by atoms with van der Waals surface area (Å²) in [5.74, 6) is -1.74. The van der Waals surface area contributed by atoms with Gasteiger partial charge in [0, 0.05) is 49.4 Å². The number of amides is 1. The van der Waals surface area contributed by atoms with Crippen LogP contribution in [-0.2, 0) is 29.5 Å². The van der Waals surface area contributed by atoms with Crippen molar-refractivity contribution in [1.82, 2.24) is 24.2 Å². The first-order chi connectivity index (χ1) is 18.1. The van der Waals surface area contributed by atoms with Gasteiger partial charge in [-0.1, -0.05) is 17.3 Å². The van der Waals surface area contributed by atoms with E-state index in [1.165, 1.54) is 21.5 Å². The molecule has 1 fully saturated rings. The van der Waals surface area contributed by atoms with E-state index in [1.807, 2.05) is 12.3 Å². The van der Waals surface area contributed by atoms with Gasteiger partial charge in [-0.25, -0.2) is 26.6 Å². The number of hydrogen-bond donors (Lipinski definition) is 1. The first-order valence-corrected chi connectivity index (χ1v) is 14.2. The number of fused-ring (bicyclic) bond motifs is 1. The first kappa shape index (κ1) is 26.0. The molecule has 1 saturated heterocycles. The molecule has 12 heteroatoms. The average molecular weight is 542 g/mol. The van der Waals surface area contributed by atoms with Crippen molar-refractivity contribution < 1.29 is 27.5 Å². The number of benzene rings is 2. The van der Waals surface area contributed by atoms with Crippen molar-refractivity contribution >= 4 is 21.9 Å². The molecule has 0 aliphatic carbocycles. The lowest BCUT2D eigenvalue weighted by Gasteiger charge is -2.30. The molecule has 0 bridgehead atoms. The zero-order valence-electron chi connectivity index (χ0n) is 20.9. The Balaban J connectivity index is 1.26. The lowest BCUT2D eigenvalue weighted by atomic mass is 9.93. The van der Waals surface area contributed by atoms with Gasteiger partial charge in [0.25, 0.3) is 5.91 Å². The summed E-state index contributed by atoms with van der Waals surface area (Å²) in [6.07, 6.45) is 4.72. The highest BCUT2D eigenvalue weighted by Gasteiger charge is 2.29. The molecule has 3 aromatic rings. The van der Waals surface area contributed by atoms with Crippen LogP contribution in [0.1, 0.15) is 61.9 Å². The normalized spacial score (nSPS) is 16.8. The molecule has 200 valence electrons. The SMILES string of the molecule is CS(=O)(=O)N1CCC(c2cn(Cc3cccc(C(=O)N4CCc5c(C(=O)O)ccc(F)c5C4)c3)nn2)CC1. The molecule has 1 amide bonds. The van der Waals surface area contributed by atoms with Crippen LogP contribution in [0.2, 0.25) is 0 Å². The average Bonchev–Trinajstić information content (AvgIpc) is 3.36. The Morgan fingerprint density at radius 1 is 1.11 bits per heavy atom. The number of rotatable bonds is 6. The molecule has 2 aliphatic heterocycles. The van der Waals surface area contributed by atoms with E-state index >= 15 is 0 Å². The van der Waals surface area contributed by atoms with Crippen LogP contribution in [-0.4, -0.2) is 75.5 Å². The van der Waals surface area contributed by atoms with Gasteiger partial charge < -0.3 is 10.0 Å². The quantitative estimate of drug-likeness (QED) is 0.508. The summed E-state index contributed by atoms with van der Waals surface area (Å²) in [5, 5.41) is 17.9. The molecule has 0 atom stereocenters. The van der Waals surface area contributed by atoms with Crippen molar-refractivity contribution in [2.75, 3.05) is 25.9 Å². The van der Waals surface area contributed by atoms with Crippen molar-refractivity contribution in [2.45, 2.75) is 38.3 Å². The molecule has 0 saturated carbocycles. The monoisotopic (exact) mass is 541 g/mol. The second kappa shape index (κ2) is 10.3. The van der Waals surface area contributed by atoms with Crippen LogP contribution in [0.3, 0.4) is 0 Å². The number of carboxylic acids is 1. The van der Waals surface area contributed by atoms with Crippen LogP contribution in [0.25, 0.3) is 0 Å². The predicted octanol–water partition coefficient (Wildman–Crippen LogP) is 2.50. The minimum absolute atomic E-state index is 0.00985. The fourth-order valence-electron chi connectivity index (χ4n) is 5.24. The molecular weight excluding hydrogens is 513 g/mol. The summed E-state index contributed by atoms with van der Waals surface area (Å²) in [6, 6.07) is 9.54. The molecule has 1 aromatic heterocycles. The minimum Gasteiger partial charge on any atom is -0.478 e. The highest BCUT2D eigenvalue weighted by Crippen LogP contribution is 2.28. The largest absolute Gasteiger partial charge is 0.478 e. The van der Waals surface area contributed by atoms with Gasteiger partial charge in [0.2, 0.25) is 10.0 Å². The Hall–Kier alpha value is -3.64. The van der Waals surface area contributed by atoms with E-state index in [-0.39, 0.29) is 35.9 Å². The number of hydrogen-bond acceptors (Lipinski definition) is 6. The number of carbonyl (C=O) groups excluding carboxylic acids is 1. The van der Waals surface area contributed by atoms with Crippen molar-refractivity contribution in [3.05, 3.63) is 81.9 Å². The lowest BCUT2D eigenvalue weighted by Crippen LogP contribution is -2.37. The van der Waals surface area contributed by atoms with Crippen LogP contribution in [0, 0.1) is 5.82 Å². The highest BCUT2D eigenvalue weighted by molar-refractivity contribution is 7.88. The van der Waals surface area contributed by atoms with Crippen LogP contribution in [0.5, 0.6) is 0 Å². The number of carbonyl (C=O) groups is 2. The maximum Gasteiger partial charge on any atom is 0.335 e. The van der Waals surface area contributed by atoms with Crippen LogP contribution < -0.4 is 0 Å². The molecule has 2 aliphatic rings. The van der Waals surface area contributed by atoms with Crippen molar-refractivity contribution in [1.29, 1.82) is 0 Å². The topological polar surface area (TPSA) is 126 Å². The number of aromatic carboxylic acids is 1. The van der Waals surface area contributed by atoms with E-state index in [1.54, 1.807) is 22.9 Å². The molecule has 1 N–H and O–H groups in total. The molecule has 10 nitrogen and oxygen atoms in total. The third-order valence-electron chi connectivity index (χ3n) is 7.29. The summed E-state index contributed by atoms with van der Waals surface area (Å²) < 4.78 is 41.2. The maximum absolute atomic E-state index is 14.5. The Morgan fingerprint density at radius 2 is 1.87 bits per heavy atom. The zero-order valence-corrected chi connectivity index (χ0v) is 21.7. The van der Waals surface area contributed by atoms with Gasteiger partial charge in [0.15, 0.2) is 0 Å². The van der Waals surface area contributed by atoms with E-state index < -0.39 is 21.8 Å². The second-order valence-corrected chi connectivity index (χ2v) is 11.8. The second-order valence-electron chi connectivity index (χ2n) is 9.81. The predicted molar refractivity (Wildman–Crippen MR) is 136 cm³/mol. The van der Waals surface area contributed by atoms with E-state index in [2.05, 4.69) is 10.3 Å². The summed E-state index contributed by atoms with van der Waals surface area (Å²) in [4.78, 5) is 26.3. The fourth-order valence-corrected chi connectivity index (χ4v) is 6.12. The number of piperidine rings is 1. The Bertz CT molecular complexity index is 1500. The van der Waals surface area contributed by atoms with Gasteiger partial charge in [0.1, 0.15) is 5.82 Å². The van der Waals surface area contributed by atoms with E-state index in [0.717, 1.165) is 17.3 Å². The zero-order chi connectivity index (χ0) is 27.0. The lowest BCUT2D eigenvalue weighted by molar-refractivity contribution is 0.0693. The molecule has 0 radical (unpaired) electrons. The minimum atomic E-state index is -3.19. The number of nitrogens with zero attached hydrogens (tertiary/aromatic N) is 5. The van der Waals surface area contributed by atoms with Crippen molar-refractivity contribution in [3.8, 4) is 0 Å². The molecule has 0 spiro atoms. The van der Waals surface area contributed by atoms with Crippen LogP contribution in [0.4, 0.5) is 4.39 Å². The number of carboxylic acid groups (broad SMARTS) is 1. The number of aromatic nitrogens is 3. The van der Waals surface area contributed by atoms with E-state index in [4.69, 9.17) is 0 Å². The van der Waals surface area contributed by atoms with Crippen LogP contribution >= 0.6 is 0 Å². The van der Waals surface area contributed by atoms with E-state index in [0.29, 0.717) is 50.1 Å².